The van der Waals surface area contributed by atoms with E-state index in [1.807, 2.05) is 12.1 Å². The Morgan fingerprint density at radius 1 is 0.808 bits per heavy atom. The van der Waals surface area contributed by atoms with Crippen molar-refractivity contribution < 1.29 is 9.90 Å². The van der Waals surface area contributed by atoms with Crippen LogP contribution in [0.4, 0.5) is 0 Å². The summed E-state index contributed by atoms with van der Waals surface area (Å²) in [6, 6.07) is 30.0. The van der Waals surface area contributed by atoms with Crippen molar-refractivity contribution in [3.63, 3.8) is 0 Å². The van der Waals surface area contributed by atoms with E-state index in [1.165, 1.54) is 21.5 Å². The average Bonchev–Trinajstić information content (AvgIpc) is 2.66. The Bertz CT molecular complexity index is 820. The van der Waals surface area contributed by atoms with Gasteiger partial charge < -0.3 is 0 Å². The van der Waals surface area contributed by atoms with Gasteiger partial charge in [-0.05, 0) is 0 Å². The number of carboxylic acid groups (broad SMARTS) is 1. The van der Waals surface area contributed by atoms with Crippen molar-refractivity contribution in [2.45, 2.75) is 19.8 Å². The van der Waals surface area contributed by atoms with Gasteiger partial charge in [-0.2, -0.15) is 0 Å². The predicted molar refractivity (Wildman–Crippen MR) is 113 cm³/mol. The van der Waals surface area contributed by atoms with E-state index in [9.17, 15) is 9.90 Å². The molecule has 0 heterocycles. The van der Waals surface area contributed by atoms with Gasteiger partial charge in [0.15, 0.2) is 0 Å². The molecule has 0 spiro atoms. The van der Waals surface area contributed by atoms with E-state index in [0.717, 1.165) is 6.16 Å². The number of hydrogen-bond acceptors (Lipinski definition) is 1. The molecule has 0 amide bonds. The number of carboxylic acids is 1. The van der Waals surface area contributed by atoms with Crippen molar-refractivity contribution >= 4 is 29.1 Å². The number of carbonyl (C=O) groups is 1. The molecule has 0 atom stereocenters. The van der Waals surface area contributed by atoms with Crippen LogP contribution in [0.3, 0.4) is 0 Å². The van der Waals surface area contributed by atoms with Crippen molar-refractivity contribution in [3.8, 4) is 0 Å². The molecule has 2 nitrogen and oxygen atoms in total. The van der Waals surface area contributed by atoms with E-state index >= 15 is 0 Å². The first-order valence-corrected chi connectivity index (χ1v) is 11.2. The molecule has 0 unspecified atom stereocenters. The third kappa shape index (κ3) is 3.86. The van der Waals surface area contributed by atoms with Crippen molar-refractivity contribution in [1.29, 1.82) is 0 Å². The Labute approximate surface area is 155 Å². The minimum atomic E-state index is -2.29. The van der Waals surface area contributed by atoms with Gasteiger partial charge in [-0.3, -0.25) is 0 Å². The Hall–Kier alpha value is -2.44. The summed E-state index contributed by atoms with van der Waals surface area (Å²) in [4.78, 5) is 11.2. The fourth-order valence-corrected chi connectivity index (χ4v) is 8.74. The fraction of sp³-hybridized carbons (Fsp3) is 0.174. The van der Waals surface area contributed by atoms with Gasteiger partial charge in [-0.25, -0.2) is 0 Å². The van der Waals surface area contributed by atoms with Crippen LogP contribution in [0, 0.1) is 6.92 Å². The van der Waals surface area contributed by atoms with E-state index in [0.29, 0.717) is 6.42 Å². The molecule has 134 valence electrons. The standard InChI is InChI=1S/C23H25O2P/c1-19-10-8-15-22(18-19)26(17-9-16-23(24)25,20-11-4-2-5-12-20)21-13-6-3-7-14-21/h2-8,10-15,18,26H,9,16-17H2,1H3,(H,24,25). The minimum absolute atomic E-state index is 0.209. The van der Waals surface area contributed by atoms with Crippen LogP contribution in [0.2, 0.25) is 0 Å². The van der Waals surface area contributed by atoms with Crippen LogP contribution in [0.1, 0.15) is 18.4 Å². The second-order valence-electron chi connectivity index (χ2n) is 6.75. The molecule has 0 aliphatic carbocycles. The zero-order chi connectivity index (χ0) is 18.4. The SMILES string of the molecule is Cc1cccc([PH](CCCC(=O)O)(c2ccccc2)c2ccccc2)c1. The molecular weight excluding hydrogens is 339 g/mol. The van der Waals surface area contributed by atoms with Crippen LogP contribution in [-0.2, 0) is 4.79 Å². The summed E-state index contributed by atoms with van der Waals surface area (Å²) in [5.41, 5.74) is 1.24. The van der Waals surface area contributed by atoms with Gasteiger partial charge >= 0.3 is 155 Å². The summed E-state index contributed by atoms with van der Waals surface area (Å²) in [5, 5.41) is 13.2. The van der Waals surface area contributed by atoms with Gasteiger partial charge in [0.05, 0.1) is 0 Å². The van der Waals surface area contributed by atoms with E-state index in [4.69, 9.17) is 0 Å². The molecule has 0 saturated carbocycles. The molecule has 3 heteroatoms. The van der Waals surface area contributed by atoms with Gasteiger partial charge in [-0.15, -0.1) is 0 Å². The third-order valence-electron chi connectivity index (χ3n) is 4.99. The average molecular weight is 364 g/mol. The van der Waals surface area contributed by atoms with Crippen molar-refractivity contribution in [3.05, 3.63) is 90.5 Å². The summed E-state index contributed by atoms with van der Waals surface area (Å²) < 4.78 is 0. The summed E-state index contributed by atoms with van der Waals surface area (Å²) >= 11 is 0. The van der Waals surface area contributed by atoms with E-state index < -0.39 is 13.2 Å². The zero-order valence-corrected chi connectivity index (χ0v) is 16.1. The Morgan fingerprint density at radius 3 is 1.85 bits per heavy atom. The quantitative estimate of drug-likeness (QED) is 0.646. The summed E-state index contributed by atoms with van der Waals surface area (Å²) in [6.07, 6.45) is 1.77. The Balaban J connectivity index is 2.21. The second-order valence-corrected chi connectivity index (χ2v) is 10.8. The van der Waals surface area contributed by atoms with Crippen LogP contribution < -0.4 is 15.9 Å². The molecule has 0 radical (unpaired) electrons. The van der Waals surface area contributed by atoms with Gasteiger partial charge in [0.25, 0.3) is 0 Å². The van der Waals surface area contributed by atoms with Crippen LogP contribution in [-0.4, -0.2) is 17.2 Å². The van der Waals surface area contributed by atoms with Gasteiger partial charge in [0, 0.05) is 0 Å². The monoisotopic (exact) mass is 364 g/mol. The summed E-state index contributed by atoms with van der Waals surface area (Å²) in [5.74, 6) is -0.724. The summed E-state index contributed by atoms with van der Waals surface area (Å²) in [7, 11) is -2.29. The van der Waals surface area contributed by atoms with Gasteiger partial charge in [-0.1, -0.05) is 0 Å². The van der Waals surface area contributed by atoms with Gasteiger partial charge in [0.1, 0.15) is 0 Å². The molecular formula is C23H25O2P. The van der Waals surface area contributed by atoms with E-state index in [-0.39, 0.29) is 6.42 Å². The maximum absolute atomic E-state index is 11.2. The number of rotatable bonds is 7. The molecule has 0 fully saturated rings. The Kier molecular flexibility index (Phi) is 5.85. The van der Waals surface area contributed by atoms with Crippen molar-refractivity contribution in [2.75, 3.05) is 6.16 Å². The first-order chi connectivity index (χ1) is 12.6. The molecule has 0 bridgehead atoms. The van der Waals surface area contributed by atoms with Crippen LogP contribution in [0.15, 0.2) is 84.9 Å². The predicted octanol–water partition coefficient (Wildman–Crippen LogP) is 3.89. The number of aryl methyl sites for hydroxylation is 1. The molecule has 0 aliphatic heterocycles. The maximum atomic E-state index is 11.2. The molecule has 1 N–H and O–H groups in total. The number of hydrogen-bond donors (Lipinski definition) is 1. The molecule has 3 aromatic rings. The molecule has 26 heavy (non-hydrogen) atoms. The molecule has 3 aromatic carbocycles. The van der Waals surface area contributed by atoms with Crippen molar-refractivity contribution in [1.82, 2.24) is 0 Å². The van der Waals surface area contributed by atoms with E-state index in [2.05, 4.69) is 79.7 Å². The number of benzene rings is 3. The summed E-state index contributed by atoms with van der Waals surface area (Å²) in [6.45, 7) is 2.12. The van der Waals surface area contributed by atoms with Crippen molar-refractivity contribution in [2.24, 2.45) is 0 Å². The van der Waals surface area contributed by atoms with Crippen LogP contribution in [0.5, 0.6) is 0 Å². The fourth-order valence-electron chi connectivity index (χ4n) is 3.79. The second kappa shape index (κ2) is 8.29. The topological polar surface area (TPSA) is 37.3 Å². The zero-order valence-electron chi connectivity index (χ0n) is 15.1. The Morgan fingerprint density at radius 2 is 1.35 bits per heavy atom. The molecule has 0 aromatic heterocycles. The van der Waals surface area contributed by atoms with E-state index in [1.54, 1.807) is 0 Å². The van der Waals surface area contributed by atoms with Crippen LogP contribution >= 0.6 is 7.26 Å². The normalized spacial score (nSPS) is 11.9. The first-order valence-electron chi connectivity index (χ1n) is 9.03. The molecule has 3 rings (SSSR count). The first kappa shape index (κ1) is 18.4. The molecule has 0 saturated heterocycles. The molecule has 0 aliphatic rings. The number of aliphatic carboxylic acids is 1. The van der Waals surface area contributed by atoms with Gasteiger partial charge in [0.2, 0.25) is 0 Å². The van der Waals surface area contributed by atoms with Crippen LogP contribution in [0.25, 0.3) is 0 Å². The third-order valence-corrected chi connectivity index (χ3v) is 10.0.